The van der Waals surface area contributed by atoms with Gasteiger partial charge in [-0.2, -0.15) is 5.10 Å². The Morgan fingerprint density at radius 2 is 1.61 bits per heavy atom. The maximum absolute atomic E-state index is 14.7. The third-order valence-corrected chi connectivity index (χ3v) is 7.70. The molecule has 0 aliphatic carbocycles. The lowest BCUT2D eigenvalue weighted by Crippen LogP contribution is -2.28. The summed E-state index contributed by atoms with van der Waals surface area (Å²) < 4.78 is 73.4. The van der Waals surface area contributed by atoms with Crippen LogP contribution in [-0.2, 0) is 6.61 Å². The third kappa shape index (κ3) is 6.18. The van der Waals surface area contributed by atoms with E-state index in [4.69, 9.17) is 14.2 Å². The fraction of sp³-hybridized carbons (Fsp3) is 0.129. The number of ether oxygens (including phenoxy) is 3. The summed E-state index contributed by atoms with van der Waals surface area (Å²) in [7, 11) is 2.75. The van der Waals surface area contributed by atoms with E-state index in [1.165, 1.54) is 50.6 Å². The van der Waals surface area contributed by atoms with Crippen molar-refractivity contribution in [3.05, 3.63) is 124 Å². The number of thioether (sulfide) groups is 1. The van der Waals surface area contributed by atoms with Gasteiger partial charge >= 0.3 is 5.97 Å². The van der Waals surface area contributed by atoms with Crippen molar-refractivity contribution in [1.29, 1.82) is 0 Å². The number of methoxy groups -OCH3 is 2. The summed E-state index contributed by atoms with van der Waals surface area (Å²) >= 11 is 1.03. The standard InChI is InChI=1S/C31H22F4N2O6S/c1-41-21-11-16(10-18(12-21)31(39)40)15-43-25-5-3-4-22(27(25)42-2)30-37(29(38)26-23(34)13-20(33)14-24(26)35)36-28(44-30)17-6-8-19(32)9-7-17/h3-14,30H,15H2,1-2H3,(H,39,40). The SMILES string of the molecule is COc1cc(COc2cccc(C3SC(c4ccc(F)cc4)=NN3C(=O)c3c(F)cc(F)cc3F)c2OC)cc(C(=O)O)c1. The van der Waals surface area contributed by atoms with Crippen LogP contribution in [0.25, 0.3) is 0 Å². The molecule has 8 nitrogen and oxygen atoms in total. The molecule has 0 aromatic heterocycles. The topological polar surface area (TPSA) is 97.7 Å². The van der Waals surface area contributed by atoms with Gasteiger partial charge in [0.2, 0.25) is 0 Å². The maximum Gasteiger partial charge on any atom is 0.335 e. The molecule has 1 heterocycles. The summed E-state index contributed by atoms with van der Waals surface area (Å²) in [4.78, 5) is 25.1. The van der Waals surface area contributed by atoms with Crippen LogP contribution in [0.3, 0.4) is 0 Å². The summed E-state index contributed by atoms with van der Waals surface area (Å²) in [6.07, 6.45) is 0. The van der Waals surface area contributed by atoms with E-state index in [0.717, 1.165) is 16.8 Å². The first-order valence-electron chi connectivity index (χ1n) is 12.8. The zero-order valence-electron chi connectivity index (χ0n) is 23.0. The number of benzene rings is 4. The summed E-state index contributed by atoms with van der Waals surface area (Å²) in [5, 5.41) is 13.8. The number of hydrogen-bond donors (Lipinski definition) is 1. The number of carboxylic acids is 1. The number of rotatable bonds is 9. The van der Waals surface area contributed by atoms with Gasteiger partial charge in [0.25, 0.3) is 5.91 Å². The molecule has 4 aromatic rings. The van der Waals surface area contributed by atoms with Crippen LogP contribution in [0.2, 0.25) is 0 Å². The average Bonchev–Trinajstić information content (AvgIpc) is 3.44. The van der Waals surface area contributed by atoms with E-state index in [1.807, 2.05) is 0 Å². The first kappa shape index (κ1) is 30.4. The number of halogens is 4. The lowest BCUT2D eigenvalue weighted by atomic mass is 10.1. The van der Waals surface area contributed by atoms with Crippen LogP contribution in [-0.4, -0.2) is 41.3 Å². The highest BCUT2D eigenvalue weighted by Gasteiger charge is 2.39. The number of nitrogens with zero attached hydrogens (tertiary/aromatic N) is 2. The highest BCUT2D eigenvalue weighted by Crippen LogP contribution is 2.48. The Labute approximate surface area is 252 Å². The molecule has 1 aliphatic rings. The van der Waals surface area contributed by atoms with E-state index < -0.39 is 46.1 Å². The monoisotopic (exact) mass is 626 g/mol. The molecule has 1 N–H and O–H groups in total. The summed E-state index contributed by atoms with van der Waals surface area (Å²) in [6, 6.07) is 15.2. The van der Waals surface area contributed by atoms with Crippen molar-refractivity contribution in [2.24, 2.45) is 5.10 Å². The Kier molecular flexibility index (Phi) is 8.76. The van der Waals surface area contributed by atoms with E-state index in [9.17, 15) is 32.3 Å². The van der Waals surface area contributed by atoms with Crippen molar-refractivity contribution in [3.8, 4) is 17.2 Å². The Morgan fingerprint density at radius 3 is 2.25 bits per heavy atom. The number of para-hydroxylation sites is 1. The molecule has 1 unspecified atom stereocenters. The molecule has 0 fully saturated rings. The van der Waals surface area contributed by atoms with E-state index in [-0.39, 0.29) is 28.7 Å². The highest BCUT2D eigenvalue weighted by molar-refractivity contribution is 8.14. The number of hydrogen-bond acceptors (Lipinski definition) is 7. The molecule has 13 heteroatoms. The molecule has 0 saturated heterocycles. The molecule has 1 atom stereocenters. The minimum Gasteiger partial charge on any atom is -0.497 e. The van der Waals surface area contributed by atoms with Crippen molar-refractivity contribution < 1.29 is 46.5 Å². The maximum atomic E-state index is 14.7. The molecule has 0 spiro atoms. The van der Waals surface area contributed by atoms with Crippen LogP contribution >= 0.6 is 11.8 Å². The number of hydrazone groups is 1. The largest absolute Gasteiger partial charge is 0.497 e. The number of aromatic carboxylic acids is 1. The summed E-state index contributed by atoms with van der Waals surface area (Å²) in [6.45, 7) is -0.0962. The second-order valence-electron chi connectivity index (χ2n) is 9.32. The minimum atomic E-state index is -1.41. The molecular weight excluding hydrogens is 604 g/mol. The van der Waals surface area contributed by atoms with Gasteiger partial charge in [0.1, 0.15) is 51.6 Å². The van der Waals surface area contributed by atoms with E-state index in [2.05, 4.69) is 5.10 Å². The van der Waals surface area contributed by atoms with Gasteiger partial charge < -0.3 is 19.3 Å². The average molecular weight is 627 g/mol. The number of carbonyl (C=O) groups excluding carboxylic acids is 1. The second-order valence-corrected chi connectivity index (χ2v) is 10.4. The second kappa shape index (κ2) is 12.7. The van der Waals surface area contributed by atoms with Gasteiger partial charge in [-0.3, -0.25) is 4.79 Å². The quantitative estimate of drug-likeness (QED) is 0.205. The zero-order valence-corrected chi connectivity index (χ0v) is 23.8. The Bertz CT molecular complexity index is 1760. The zero-order chi connectivity index (χ0) is 31.5. The minimum absolute atomic E-state index is 0.00842. The lowest BCUT2D eigenvalue weighted by molar-refractivity contribution is 0.0694. The Hall–Kier alpha value is -5.04. The van der Waals surface area contributed by atoms with Crippen LogP contribution < -0.4 is 14.2 Å². The highest BCUT2D eigenvalue weighted by atomic mass is 32.2. The van der Waals surface area contributed by atoms with Crippen molar-refractivity contribution in [2.45, 2.75) is 12.0 Å². The molecule has 0 saturated carbocycles. The molecule has 0 radical (unpaired) electrons. The smallest absolute Gasteiger partial charge is 0.335 e. The Balaban J connectivity index is 1.53. The normalized spacial score (nSPS) is 14.3. The van der Waals surface area contributed by atoms with Crippen molar-refractivity contribution >= 4 is 28.7 Å². The Morgan fingerprint density at radius 1 is 0.909 bits per heavy atom. The van der Waals surface area contributed by atoms with Gasteiger partial charge in [0.15, 0.2) is 11.5 Å². The molecule has 5 rings (SSSR count). The van der Waals surface area contributed by atoms with E-state index in [1.54, 1.807) is 24.3 Å². The van der Waals surface area contributed by atoms with Crippen LogP contribution in [0.15, 0.2) is 77.9 Å². The number of carboxylic acid groups (broad SMARTS) is 1. The van der Waals surface area contributed by atoms with Gasteiger partial charge in [-0.25, -0.2) is 27.4 Å². The van der Waals surface area contributed by atoms with E-state index >= 15 is 0 Å². The van der Waals surface area contributed by atoms with E-state index in [0.29, 0.717) is 34.6 Å². The molecule has 1 aliphatic heterocycles. The lowest BCUT2D eigenvalue weighted by Gasteiger charge is -2.24. The predicted octanol–water partition coefficient (Wildman–Crippen LogP) is 6.79. The van der Waals surface area contributed by atoms with Crippen LogP contribution in [0.5, 0.6) is 17.2 Å². The fourth-order valence-electron chi connectivity index (χ4n) is 4.46. The van der Waals surface area contributed by atoms with Gasteiger partial charge in [0.05, 0.1) is 19.8 Å². The van der Waals surface area contributed by atoms with Gasteiger partial charge in [-0.1, -0.05) is 23.9 Å². The summed E-state index contributed by atoms with van der Waals surface area (Å²) in [5.41, 5.74) is 0.204. The first-order valence-corrected chi connectivity index (χ1v) is 13.7. The first-order chi connectivity index (χ1) is 21.1. The van der Waals surface area contributed by atoms with Crippen molar-refractivity contribution in [3.63, 3.8) is 0 Å². The number of carbonyl (C=O) groups is 2. The molecule has 44 heavy (non-hydrogen) atoms. The summed E-state index contributed by atoms with van der Waals surface area (Å²) in [5.74, 6) is -6.21. The molecule has 226 valence electrons. The fourth-order valence-corrected chi connectivity index (χ4v) is 5.64. The number of amides is 1. The van der Waals surface area contributed by atoms with Gasteiger partial charge in [0, 0.05) is 23.3 Å². The van der Waals surface area contributed by atoms with Crippen LogP contribution in [0.4, 0.5) is 17.6 Å². The van der Waals surface area contributed by atoms with Gasteiger partial charge in [-0.15, -0.1) is 0 Å². The molecule has 0 bridgehead atoms. The van der Waals surface area contributed by atoms with Crippen molar-refractivity contribution in [2.75, 3.05) is 14.2 Å². The molecular formula is C31H22F4N2O6S. The molecule has 1 amide bonds. The van der Waals surface area contributed by atoms with Crippen LogP contribution in [0, 0.1) is 23.3 Å². The predicted molar refractivity (Wildman–Crippen MR) is 153 cm³/mol. The van der Waals surface area contributed by atoms with Gasteiger partial charge in [-0.05, 0) is 54.1 Å². The third-order valence-electron chi connectivity index (χ3n) is 6.49. The molecule has 4 aromatic carbocycles. The van der Waals surface area contributed by atoms with Crippen molar-refractivity contribution in [1.82, 2.24) is 5.01 Å². The van der Waals surface area contributed by atoms with Crippen LogP contribution in [0.1, 0.15) is 42.8 Å².